The van der Waals surface area contributed by atoms with Gasteiger partial charge in [0.25, 0.3) is 0 Å². The Labute approximate surface area is 84.7 Å². The van der Waals surface area contributed by atoms with Crippen LogP contribution in [-0.2, 0) is 4.79 Å². The lowest BCUT2D eigenvalue weighted by Crippen LogP contribution is -2.55. The van der Waals surface area contributed by atoms with Crippen LogP contribution in [0, 0.1) is 23.2 Å². The SMILES string of the molecule is CC(=O)C12CC3C[C@H](C1)C(O)[C@@H](C3)C2. The van der Waals surface area contributed by atoms with Crippen molar-refractivity contribution in [2.45, 2.75) is 45.1 Å². The van der Waals surface area contributed by atoms with Gasteiger partial charge in [-0.15, -0.1) is 0 Å². The second kappa shape index (κ2) is 2.60. The molecule has 0 spiro atoms. The molecule has 4 aliphatic carbocycles. The summed E-state index contributed by atoms with van der Waals surface area (Å²) in [6, 6.07) is 0. The third-order valence-corrected chi connectivity index (χ3v) is 4.97. The maximum absolute atomic E-state index is 11.7. The maximum Gasteiger partial charge on any atom is 0.135 e. The molecule has 4 saturated carbocycles. The highest BCUT2D eigenvalue weighted by Gasteiger charge is 2.56. The Morgan fingerprint density at radius 3 is 2.29 bits per heavy atom. The van der Waals surface area contributed by atoms with E-state index in [4.69, 9.17) is 0 Å². The van der Waals surface area contributed by atoms with Gasteiger partial charge in [0.15, 0.2) is 0 Å². The molecule has 4 bridgehead atoms. The van der Waals surface area contributed by atoms with Crippen molar-refractivity contribution in [3.63, 3.8) is 0 Å². The fraction of sp³-hybridized carbons (Fsp3) is 0.917. The minimum absolute atomic E-state index is 0.0181. The molecule has 3 unspecified atom stereocenters. The first-order valence-corrected chi connectivity index (χ1v) is 5.80. The van der Waals surface area contributed by atoms with Gasteiger partial charge in [-0.2, -0.15) is 0 Å². The van der Waals surface area contributed by atoms with Crippen molar-refractivity contribution < 1.29 is 9.90 Å². The topological polar surface area (TPSA) is 37.3 Å². The Morgan fingerprint density at radius 2 is 1.79 bits per heavy atom. The highest BCUT2D eigenvalue weighted by atomic mass is 16.3. The zero-order valence-corrected chi connectivity index (χ0v) is 8.70. The molecule has 4 rings (SSSR count). The maximum atomic E-state index is 11.7. The van der Waals surface area contributed by atoms with Gasteiger partial charge < -0.3 is 5.11 Å². The largest absolute Gasteiger partial charge is 0.393 e. The van der Waals surface area contributed by atoms with E-state index >= 15 is 0 Å². The van der Waals surface area contributed by atoms with Crippen molar-refractivity contribution in [2.24, 2.45) is 23.2 Å². The van der Waals surface area contributed by atoms with Gasteiger partial charge in [0.05, 0.1) is 6.10 Å². The lowest BCUT2D eigenvalue weighted by molar-refractivity contribution is -0.159. The molecule has 0 aromatic rings. The third kappa shape index (κ3) is 0.979. The molecule has 0 heterocycles. The summed E-state index contributed by atoms with van der Waals surface area (Å²) >= 11 is 0. The van der Waals surface area contributed by atoms with E-state index in [0.717, 1.165) is 25.2 Å². The molecule has 5 atom stereocenters. The normalized spacial score (nSPS) is 55.0. The molecule has 2 nitrogen and oxygen atoms in total. The van der Waals surface area contributed by atoms with Crippen LogP contribution < -0.4 is 0 Å². The number of hydrogen-bond donors (Lipinski definition) is 1. The molecule has 0 aromatic carbocycles. The monoisotopic (exact) mass is 194 g/mol. The van der Waals surface area contributed by atoms with Gasteiger partial charge in [0, 0.05) is 5.41 Å². The lowest BCUT2D eigenvalue weighted by atomic mass is 9.47. The highest BCUT2D eigenvalue weighted by molar-refractivity contribution is 5.82. The van der Waals surface area contributed by atoms with Crippen LogP contribution in [0.4, 0.5) is 0 Å². The summed E-state index contributed by atoms with van der Waals surface area (Å²) in [5, 5.41) is 10.0. The predicted molar refractivity (Wildman–Crippen MR) is 52.7 cm³/mol. The van der Waals surface area contributed by atoms with Crippen LogP contribution in [0.1, 0.15) is 39.0 Å². The Morgan fingerprint density at radius 1 is 1.21 bits per heavy atom. The summed E-state index contributed by atoms with van der Waals surface area (Å²) in [6.45, 7) is 1.75. The second-order valence-electron chi connectivity index (χ2n) is 5.80. The van der Waals surface area contributed by atoms with Crippen LogP contribution in [0.15, 0.2) is 0 Å². The van der Waals surface area contributed by atoms with E-state index in [9.17, 15) is 9.90 Å². The molecule has 0 radical (unpaired) electrons. The first-order chi connectivity index (χ1) is 6.61. The van der Waals surface area contributed by atoms with Crippen LogP contribution >= 0.6 is 0 Å². The average molecular weight is 194 g/mol. The molecule has 1 N–H and O–H groups in total. The zero-order valence-electron chi connectivity index (χ0n) is 8.70. The first kappa shape index (κ1) is 8.90. The molecule has 0 saturated heterocycles. The molecular weight excluding hydrogens is 176 g/mol. The molecule has 4 fully saturated rings. The molecule has 78 valence electrons. The number of aliphatic hydroxyl groups excluding tert-OH is 1. The van der Waals surface area contributed by atoms with E-state index in [-0.39, 0.29) is 11.5 Å². The third-order valence-electron chi connectivity index (χ3n) is 4.97. The summed E-state index contributed by atoms with van der Waals surface area (Å²) in [6.07, 6.45) is 5.30. The van der Waals surface area contributed by atoms with E-state index in [0.29, 0.717) is 17.6 Å². The van der Waals surface area contributed by atoms with Crippen molar-refractivity contribution in [3.05, 3.63) is 0 Å². The van der Waals surface area contributed by atoms with Crippen molar-refractivity contribution in [3.8, 4) is 0 Å². The standard InChI is InChI=1S/C12H18O2/c1-7(13)12-4-8-2-9(5-12)11(14)10(3-8)6-12/h8-11,14H,2-6H2,1H3/t8?,9-,10+,11?,12?. The van der Waals surface area contributed by atoms with Crippen molar-refractivity contribution >= 4 is 5.78 Å². The minimum Gasteiger partial charge on any atom is -0.393 e. The molecule has 2 heteroatoms. The van der Waals surface area contributed by atoms with E-state index in [2.05, 4.69) is 0 Å². The smallest absolute Gasteiger partial charge is 0.135 e. The number of carbonyl (C=O) groups is 1. The van der Waals surface area contributed by atoms with E-state index in [1.165, 1.54) is 12.8 Å². The van der Waals surface area contributed by atoms with Gasteiger partial charge in [0.1, 0.15) is 5.78 Å². The van der Waals surface area contributed by atoms with Gasteiger partial charge in [-0.1, -0.05) is 0 Å². The van der Waals surface area contributed by atoms with Crippen molar-refractivity contribution in [2.75, 3.05) is 0 Å². The van der Waals surface area contributed by atoms with Crippen LogP contribution in [0.25, 0.3) is 0 Å². The molecule has 0 aromatic heterocycles. The fourth-order valence-corrected chi connectivity index (χ4v) is 4.43. The lowest BCUT2D eigenvalue weighted by Gasteiger charge is -2.57. The number of aliphatic hydroxyl groups is 1. The number of hydrogen-bond acceptors (Lipinski definition) is 2. The Kier molecular flexibility index (Phi) is 1.65. The van der Waals surface area contributed by atoms with Crippen LogP contribution in [0.5, 0.6) is 0 Å². The summed E-state index contributed by atoms with van der Waals surface area (Å²) in [7, 11) is 0. The van der Waals surface area contributed by atoms with E-state index < -0.39 is 0 Å². The van der Waals surface area contributed by atoms with Crippen LogP contribution in [0.2, 0.25) is 0 Å². The molecular formula is C12H18O2. The highest BCUT2D eigenvalue weighted by Crippen LogP contribution is 2.60. The predicted octanol–water partition coefficient (Wildman–Crippen LogP) is 1.76. The number of ketones is 1. The van der Waals surface area contributed by atoms with Crippen molar-refractivity contribution in [1.82, 2.24) is 0 Å². The summed E-state index contributed by atoms with van der Waals surface area (Å²) < 4.78 is 0. The summed E-state index contributed by atoms with van der Waals surface area (Å²) in [5.74, 6) is 1.99. The van der Waals surface area contributed by atoms with Gasteiger partial charge in [-0.3, -0.25) is 4.79 Å². The Hall–Kier alpha value is -0.370. The van der Waals surface area contributed by atoms with Gasteiger partial charge in [-0.05, 0) is 56.8 Å². The second-order valence-corrected chi connectivity index (χ2v) is 5.80. The Bertz CT molecular complexity index is 268. The number of rotatable bonds is 1. The summed E-state index contributed by atoms with van der Waals surface area (Å²) in [4.78, 5) is 11.7. The molecule has 0 aliphatic heterocycles. The van der Waals surface area contributed by atoms with Gasteiger partial charge >= 0.3 is 0 Å². The van der Waals surface area contributed by atoms with Gasteiger partial charge in [-0.25, -0.2) is 0 Å². The number of Topliss-reactive ketones (excluding diaryl/α,β-unsaturated/α-hetero) is 1. The fourth-order valence-electron chi connectivity index (χ4n) is 4.43. The quantitative estimate of drug-likeness (QED) is 0.690. The number of carbonyl (C=O) groups excluding carboxylic acids is 1. The first-order valence-electron chi connectivity index (χ1n) is 5.80. The van der Waals surface area contributed by atoms with E-state index in [1.54, 1.807) is 6.92 Å². The van der Waals surface area contributed by atoms with Crippen molar-refractivity contribution in [1.29, 1.82) is 0 Å². The molecule has 0 amide bonds. The van der Waals surface area contributed by atoms with E-state index in [1.807, 2.05) is 0 Å². The molecule has 14 heavy (non-hydrogen) atoms. The van der Waals surface area contributed by atoms with Crippen LogP contribution in [-0.4, -0.2) is 17.0 Å². The molecule has 4 aliphatic rings. The zero-order chi connectivity index (χ0) is 9.92. The Balaban J connectivity index is 1.96. The van der Waals surface area contributed by atoms with Gasteiger partial charge in [0.2, 0.25) is 0 Å². The van der Waals surface area contributed by atoms with Crippen LogP contribution in [0.3, 0.4) is 0 Å². The minimum atomic E-state index is -0.0981. The summed E-state index contributed by atoms with van der Waals surface area (Å²) in [5.41, 5.74) is -0.0181. The average Bonchev–Trinajstić information content (AvgIpc) is 2.12.